The predicted molar refractivity (Wildman–Crippen MR) is 164 cm³/mol. The van der Waals surface area contributed by atoms with Gasteiger partial charge in [0, 0.05) is 44.7 Å². The molecule has 12 nitrogen and oxygen atoms in total. The van der Waals surface area contributed by atoms with Crippen molar-refractivity contribution >= 4 is 25.6 Å². The molecular formula is C30H33FN8O4Si. The topological polar surface area (TPSA) is 122 Å². The molecule has 0 aliphatic carbocycles. The lowest BCUT2D eigenvalue weighted by Gasteiger charge is -2.21. The summed E-state index contributed by atoms with van der Waals surface area (Å²) in [6.45, 7) is 10.1. The van der Waals surface area contributed by atoms with Crippen LogP contribution in [0.3, 0.4) is 0 Å². The van der Waals surface area contributed by atoms with Crippen molar-refractivity contribution in [3.05, 3.63) is 83.1 Å². The summed E-state index contributed by atoms with van der Waals surface area (Å²) in [6, 6.07) is 10.2. The Morgan fingerprint density at radius 1 is 1.11 bits per heavy atom. The molecule has 1 atom stereocenters. The number of pyridine rings is 1. The number of carbonyl (C=O) groups excluding carboxylic acids is 1. The number of amides is 1. The van der Waals surface area contributed by atoms with Gasteiger partial charge in [0.2, 0.25) is 0 Å². The number of benzene rings is 1. The highest BCUT2D eigenvalue weighted by Crippen LogP contribution is 2.33. The molecule has 1 aliphatic rings. The van der Waals surface area contributed by atoms with Crippen LogP contribution in [0.15, 0.2) is 66.1 Å². The van der Waals surface area contributed by atoms with E-state index in [9.17, 15) is 9.59 Å². The minimum Gasteiger partial charge on any atom is -0.447 e. The second kappa shape index (κ2) is 11.8. The fourth-order valence-electron chi connectivity index (χ4n) is 5.04. The third kappa shape index (κ3) is 5.77. The van der Waals surface area contributed by atoms with E-state index in [-0.39, 0.29) is 36.1 Å². The molecule has 0 saturated carbocycles. The van der Waals surface area contributed by atoms with E-state index in [2.05, 4.69) is 34.8 Å². The normalized spacial score (nSPS) is 15.3. The SMILES string of the molecule is CCn1cccc([C@H]2COC(=O)N2c2ccn3ncc(-c4ccc(-c5ncn(COCC[Si](C)(C)C)n5)c(F)c4)c3n2)c1=O. The molecule has 5 aromatic rings. The summed E-state index contributed by atoms with van der Waals surface area (Å²) in [5.41, 5.74) is 1.99. The zero-order chi connectivity index (χ0) is 31.0. The van der Waals surface area contributed by atoms with Crippen molar-refractivity contribution in [3.63, 3.8) is 0 Å². The molecule has 44 heavy (non-hydrogen) atoms. The van der Waals surface area contributed by atoms with Crippen molar-refractivity contribution in [1.29, 1.82) is 0 Å². The van der Waals surface area contributed by atoms with Gasteiger partial charge in [0.25, 0.3) is 5.56 Å². The maximum atomic E-state index is 15.4. The molecule has 0 spiro atoms. The Morgan fingerprint density at radius 2 is 1.95 bits per heavy atom. The number of hydrogen-bond acceptors (Lipinski definition) is 8. The highest BCUT2D eigenvalue weighted by Gasteiger charge is 2.38. The molecule has 1 fully saturated rings. The van der Waals surface area contributed by atoms with Crippen molar-refractivity contribution in [2.45, 2.75) is 51.9 Å². The molecular weight excluding hydrogens is 583 g/mol. The van der Waals surface area contributed by atoms with E-state index in [1.165, 1.54) is 17.3 Å². The summed E-state index contributed by atoms with van der Waals surface area (Å²) in [5, 5.41) is 8.74. The number of fused-ring (bicyclic) bond motifs is 1. The number of cyclic esters (lactones) is 1. The van der Waals surface area contributed by atoms with Gasteiger partial charge in [-0.15, -0.1) is 5.10 Å². The van der Waals surface area contributed by atoms with Crippen molar-refractivity contribution in [3.8, 4) is 22.5 Å². The van der Waals surface area contributed by atoms with Crippen LogP contribution in [-0.4, -0.2) is 61.3 Å². The number of nitrogens with zero attached hydrogens (tertiary/aromatic N) is 8. The molecule has 4 aromatic heterocycles. The third-order valence-electron chi connectivity index (χ3n) is 7.50. The molecule has 14 heteroatoms. The minimum absolute atomic E-state index is 0.0157. The number of carbonyl (C=O) groups is 1. The zero-order valence-corrected chi connectivity index (χ0v) is 26.0. The first-order valence-corrected chi connectivity index (χ1v) is 18.1. The fraction of sp³-hybridized carbons (Fsp3) is 0.333. The summed E-state index contributed by atoms with van der Waals surface area (Å²) in [7, 11) is -1.20. The van der Waals surface area contributed by atoms with E-state index < -0.39 is 26.0 Å². The molecule has 1 amide bonds. The number of aryl methyl sites for hydroxylation is 1. The molecule has 1 aliphatic heterocycles. The van der Waals surface area contributed by atoms with Gasteiger partial charge in [-0.3, -0.25) is 9.69 Å². The van der Waals surface area contributed by atoms with Gasteiger partial charge < -0.3 is 14.0 Å². The largest absolute Gasteiger partial charge is 0.447 e. The van der Waals surface area contributed by atoms with E-state index in [1.54, 1.807) is 62.7 Å². The molecule has 5 heterocycles. The predicted octanol–water partition coefficient (Wildman–Crippen LogP) is 4.99. The highest BCUT2D eigenvalue weighted by atomic mass is 28.3. The Labute approximate surface area is 253 Å². The Kier molecular flexibility index (Phi) is 7.86. The highest BCUT2D eigenvalue weighted by molar-refractivity contribution is 6.76. The van der Waals surface area contributed by atoms with Gasteiger partial charge in [0.15, 0.2) is 11.5 Å². The fourth-order valence-corrected chi connectivity index (χ4v) is 5.80. The lowest BCUT2D eigenvalue weighted by molar-refractivity contribution is 0.0784. The number of ether oxygens (including phenoxy) is 2. The van der Waals surface area contributed by atoms with Crippen LogP contribution >= 0.6 is 0 Å². The molecule has 0 bridgehead atoms. The summed E-state index contributed by atoms with van der Waals surface area (Å²) < 4.78 is 31.2. The van der Waals surface area contributed by atoms with Crippen LogP contribution in [0, 0.1) is 5.82 Å². The van der Waals surface area contributed by atoms with Crippen LogP contribution < -0.4 is 10.5 Å². The van der Waals surface area contributed by atoms with Crippen LogP contribution in [0.5, 0.6) is 0 Å². The smallest absolute Gasteiger partial charge is 0.416 e. The maximum absolute atomic E-state index is 15.4. The molecule has 1 aromatic carbocycles. The minimum atomic E-state index is -1.20. The first-order chi connectivity index (χ1) is 21.1. The molecule has 0 unspecified atom stereocenters. The summed E-state index contributed by atoms with van der Waals surface area (Å²) in [6.07, 6.45) is 5.86. The van der Waals surface area contributed by atoms with Gasteiger partial charge in [0.05, 0.1) is 11.8 Å². The van der Waals surface area contributed by atoms with Gasteiger partial charge in [-0.05, 0) is 48.9 Å². The number of hydrogen-bond donors (Lipinski definition) is 0. The second-order valence-corrected chi connectivity index (χ2v) is 17.4. The van der Waals surface area contributed by atoms with Crippen molar-refractivity contribution in [1.82, 2.24) is 33.9 Å². The standard InChI is InChI=1S/C30H33FN8O4Si/c1-5-36-11-6-7-22(29(36)40)25-17-43-30(41)39(25)26-10-12-38-28(34-26)23(16-33-38)20-8-9-21(24(31)15-20)27-32-18-37(35-27)19-42-13-14-44(2,3)4/h6-12,15-16,18,25H,5,13-14,17,19H2,1-4H3/t25-/m1/s1. The Bertz CT molecular complexity index is 1900. The zero-order valence-electron chi connectivity index (χ0n) is 25.0. The van der Waals surface area contributed by atoms with E-state index >= 15 is 4.39 Å². The number of anilines is 1. The Hall–Kier alpha value is -4.69. The van der Waals surface area contributed by atoms with Crippen molar-refractivity contribution in [2.75, 3.05) is 18.1 Å². The number of rotatable bonds is 10. The molecule has 0 N–H and O–H groups in total. The van der Waals surface area contributed by atoms with Crippen LogP contribution in [0.25, 0.3) is 28.2 Å². The summed E-state index contributed by atoms with van der Waals surface area (Å²) >= 11 is 0. The van der Waals surface area contributed by atoms with E-state index in [0.717, 1.165) is 6.04 Å². The van der Waals surface area contributed by atoms with Gasteiger partial charge in [-0.1, -0.05) is 25.7 Å². The van der Waals surface area contributed by atoms with Crippen LogP contribution in [0.1, 0.15) is 18.5 Å². The average molecular weight is 617 g/mol. The van der Waals surface area contributed by atoms with Gasteiger partial charge in [-0.25, -0.2) is 28.4 Å². The average Bonchev–Trinajstić information content (AvgIpc) is 3.73. The van der Waals surface area contributed by atoms with Gasteiger partial charge in [-0.2, -0.15) is 5.10 Å². The quantitative estimate of drug-likeness (QED) is 0.159. The monoisotopic (exact) mass is 616 g/mol. The summed E-state index contributed by atoms with van der Waals surface area (Å²) in [4.78, 5) is 36.2. The molecule has 0 radical (unpaired) electrons. The first kappa shape index (κ1) is 29.4. The van der Waals surface area contributed by atoms with Crippen LogP contribution in [-0.2, 0) is 22.7 Å². The van der Waals surface area contributed by atoms with E-state index in [1.807, 2.05) is 6.92 Å². The van der Waals surface area contributed by atoms with E-state index in [0.29, 0.717) is 35.5 Å². The molecule has 1 saturated heterocycles. The summed E-state index contributed by atoms with van der Waals surface area (Å²) in [5.74, 6) is 0.0385. The van der Waals surface area contributed by atoms with Crippen molar-refractivity contribution < 1.29 is 18.7 Å². The second-order valence-electron chi connectivity index (χ2n) is 11.8. The maximum Gasteiger partial charge on any atom is 0.416 e. The third-order valence-corrected chi connectivity index (χ3v) is 9.21. The van der Waals surface area contributed by atoms with Gasteiger partial charge in [0.1, 0.15) is 37.3 Å². The Morgan fingerprint density at radius 3 is 2.73 bits per heavy atom. The first-order valence-electron chi connectivity index (χ1n) is 14.4. The Balaban J connectivity index is 1.26. The molecule has 228 valence electrons. The van der Waals surface area contributed by atoms with Crippen molar-refractivity contribution in [2.24, 2.45) is 0 Å². The lowest BCUT2D eigenvalue weighted by atomic mass is 10.1. The van der Waals surface area contributed by atoms with Crippen LogP contribution in [0.4, 0.5) is 15.0 Å². The van der Waals surface area contributed by atoms with Crippen LogP contribution in [0.2, 0.25) is 25.7 Å². The lowest BCUT2D eigenvalue weighted by Crippen LogP contribution is -2.33. The van der Waals surface area contributed by atoms with Gasteiger partial charge >= 0.3 is 6.09 Å². The van der Waals surface area contributed by atoms with E-state index in [4.69, 9.17) is 14.5 Å². The molecule has 6 rings (SSSR count). The number of halogens is 1. The number of aromatic nitrogens is 7.